The average molecular weight is 286 g/mol. The van der Waals surface area contributed by atoms with E-state index >= 15 is 0 Å². The molecule has 0 saturated heterocycles. The molecule has 4 nitrogen and oxygen atoms in total. The summed E-state index contributed by atoms with van der Waals surface area (Å²) < 4.78 is 27.1. The zero-order valence-corrected chi connectivity index (χ0v) is 11.7. The highest BCUT2D eigenvalue weighted by atomic mass is 32.2. The molecule has 0 fully saturated rings. The molecule has 0 bridgehead atoms. The van der Waals surface area contributed by atoms with Crippen LogP contribution in [0.2, 0.25) is 0 Å². The predicted molar refractivity (Wildman–Crippen MR) is 80.3 cm³/mol. The quantitative estimate of drug-likeness (QED) is 0.776. The van der Waals surface area contributed by atoms with E-state index < -0.39 is 10.0 Å². The topological polar surface area (TPSA) is 62.0 Å². The van der Waals surface area contributed by atoms with Crippen LogP contribution in [0.4, 0.5) is 5.69 Å². The highest BCUT2D eigenvalue weighted by Gasteiger charge is 2.13. The van der Waals surface area contributed by atoms with Crippen LogP contribution in [-0.4, -0.2) is 13.4 Å². The number of aromatic nitrogens is 1. The Balaban J connectivity index is 1.94. The Hall–Kier alpha value is -2.27. The minimum absolute atomic E-state index is 0.259. The van der Waals surface area contributed by atoms with Gasteiger partial charge in [-0.2, -0.15) is 0 Å². The van der Waals surface area contributed by atoms with Crippen LogP contribution in [0.3, 0.4) is 0 Å². The van der Waals surface area contributed by atoms with Gasteiger partial charge in [-0.1, -0.05) is 23.8 Å². The molecule has 0 atom stereocenters. The van der Waals surface area contributed by atoms with Crippen molar-refractivity contribution < 1.29 is 8.42 Å². The minimum atomic E-state index is -3.55. The van der Waals surface area contributed by atoms with Crippen molar-refractivity contribution in [2.75, 3.05) is 4.72 Å². The number of aromatic amines is 1. The maximum Gasteiger partial charge on any atom is 0.261 e. The second-order valence-corrected chi connectivity index (χ2v) is 6.38. The van der Waals surface area contributed by atoms with Crippen molar-refractivity contribution in [2.24, 2.45) is 0 Å². The fourth-order valence-electron chi connectivity index (χ4n) is 2.04. The molecule has 0 aliphatic carbocycles. The van der Waals surface area contributed by atoms with E-state index in [-0.39, 0.29) is 4.90 Å². The van der Waals surface area contributed by atoms with Crippen molar-refractivity contribution in [1.29, 1.82) is 0 Å². The molecule has 0 amide bonds. The van der Waals surface area contributed by atoms with Crippen LogP contribution >= 0.6 is 0 Å². The van der Waals surface area contributed by atoms with Gasteiger partial charge < -0.3 is 4.98 Å². The minimum Gasteiger partial charge on any atom is -0.361 e. The number of hydrogen-bond acceptors (Lipinski definition) is 2. The molecule has 3 aromatic rings. The summed E-state index contributed by atoms with van der Waals surface area (Å²) in [6, 6.07) is 14.1. The van der Waals surface area contributed by atoms with E-state index in [1.165, 1.54) is 0 Å². The number of fused-ring (bicyclic) bond motifs is 1. The first-order valence-electron chi connectivity index (χ1n) is 6.21. The average Bonchev–Trinajstić information content (AvgIpc) is 2.86. The van der Waals surface area contributed by atoms with Gasteiger partial charge in [0.25, 0.3) is 10.0 Å². The second kappa shape index (κ2) is 4.68. The van der Waals surface area contributed by atoms with Gasteiger partial charge in [0.15, 0.2) is 0 Å². The molecule has 0 unspecified atom stereocenters. The molecule has 0 saturated carbocycles. The number of aryl methyl sites for hydroxylation is 1. The van der Waals surface area contributed by atoms with E-state index in [1.54, 1.807) is 36.4 Å². The van der Waals surface area contributed by atoms with Crippen molar-refractivity contribution >= 4 is 26.6 Å². The summed E-state index contributed by atoms with van der Waals surface area (Å²) in [6.45, 7) is 1.92. The Morgan fingerprint density at radius 1 is 1.00 bits per heavy atom. The SMILES string of the molecule is Cc1ccc(S(=O)(=O)Nc2ccc3cc[nH]c3c2)cc1. The van der Waals surface area contributed by atoms with Crippen molar-refractivity contribution in [2.45, 2.75) is 11.8 Å². The summed E-state index contributed by atoms with van der Waals surface area (Å²) in [5.74, 6) is 0. The van der Waals surface area contributed by atoms with Gasteiger partial charge in [0, 0.05) is 11.7 Å². The van der Waals surface area contributed by atoms with Crippen molar-refractivity contribution in [1.82, 2.24) is 4.98 Å². The van der Waals surface area contributed by atoms with Gasteiger partial charge in [0.2, 0.25) is 0 Å². The molecule has 0 aliphatic rings. The van der Waals surface area contributed by atoms with Crippen molar-refractivity contribution in [3.8, 4) is 0 Å². The molecule has 0 aliphatic heterocycles. The van der Waals surface area contributed by atoms with E-state index in [4.69, 9.17) is 0 Å². The number of sulfonamides is 1. The lowest BCUT2D eigenvalue weighted by Gasteiger charge is -2.08. The monoisotopic (exact) mass is 286 g/mol. The molecular weight excluding hydrogens is 272 g/mol. The molecule has 2 N–H and O–H groups in total. The van der Waals surface area contributed by atoms with Crippen LogP contribution in [0.25, 0.3) is 10.9 Å². The largest absolute Gasteiger partial charge is 0.361 e. The van der Waals surface area contributed by atoms with Gasteiger partial charge in [-0.3, -0.25) is 4.72 Å². The van der Waals surface area contributed by atoms with Crippen LogP contribution < -0.4 is 4.72 Å². The Morgan fingerprint density at radius 3 is 2.50 bits per heavy atom. The standard InChI is InChI=1S/C15H14N2O2S/c1-11-2-6-14(7-3-11)20(18,19)17-13-5-4-12-8-9-16-15(12)10-13/h2-10,16-17H,1H3. The fourth-order valence-corrected chi connectivity index (χ4v) is 3.09. The Bertz CT molecular complexity index is 849. The van der Waals surface area contributed by atoms with Crippen molar-refractivity contribution in [3.05, 3.63) is 60.3 Å². The third-order valence-corrected chi connectivity index (χ3v) is 4.54. The third-order valence-electron chi connectivity index (χ3n) is 3.14. The fraction of sp³-hybridized carbons (Fsp3) is 0.0667. The lowest BCUT2D eigenvalue weighted by molar-refractivity contribution is 0.601. The van der Waals surface area contributed by atoms with Crippen LogP contribution in [0.1, 0.15) is 5.56 Å². The Kier molecular flexibility index (Phi) is 2.99. The van der Waals surface area contributed by atoms with E-state index in [0.717, 1.165) is 16.5 Å². The summed E-state index contributed by atoms with van der Waals surface area (Å²) in [4.78, 5) is 3.32. The number of nitrogens with one attached hydrogen (secondary N) is 2. The van der Waals surface area contributed by atoms with Crippen LogP contribution in [0.15, 0.2) is 59.6 Å². The molecule has 2 aromatic carbocycles. The normalized spacial score (nSPS) is 11.7. The van der Waals surface area contributed by atoms with Gasteiger partial charge in [0.1, 0.15) is 0 Å². The number of benzene rings is 2. The van der Waals surface area contributed by atoms with Gasteiger partial charge >= 0.3 is 0 Å². The number of hydrogen-bond donors (Lipinski definition) is 2. The van der Waals surface area contributed by atoms with Crippen LogP contribution in [0, 0.1) is 6.92 Å². The maximum atomic E-state index is 12.3. The smallest absolute Gasteiger partial charge is 0.261 e. The van der Waals surface area contributed by atoms with Crippen LogP contribution in [0.5, 0.6) is 0 Å². The highest BCUT2D eigenvalue weighted by molar-refractivity contribution is 7.92. The summed E-state index contributed by atoms with van der Waals surface area (Å²) in [5.41, 5.74) is 2.46. The second-order valence-electron chi connectivity index (χ2n) is 4.70. The number of anilines is 1. The number of H-pyrrole nitrogens is 1. The van der Waals surface area contributed by atoms with Gasteiger partial charge in [-0.05, 0) is 42.6 Å². The van der Waals surface area contributed by atoms with E-state index in [1.807, 2.05) is 25.3 Å². The zero-order valence-electron chi connectivity index (χ0n) is 10.9. The molecule has 0 radical (unpaired) electrons. The van der Waals surface area contributed by atoms with E-state index in [2.05, 4.69) is 9.71 Å². The predicted octanol–water partition coefficient (Wildman–Crippen LogP) is 3.28. The first-order valence-corrected chi connectivity index (χ1v) is 7.69. The Morgan fingerprint density at radius 2 is 1.75 bits per heavy atom. The molecule has 20 heavy (non-hydrogen) atoms. The molecule has 0 spiro atoms. The van der Waals surface area contributed by atoms with E-state index in [9.17, 15) is 8.42 Å². The summed E-state index contributed by atoms with van der Waals surface area (Å²) in [7, 11) is -3.55. The molecule has 1 aromatic heterocycles. The van der Waals surface area contributed by atoms with Gasteiger partial charge in [-0.15, -0.1) is 0 Å². The molecule has 1 heterocycles. The summed E-state index contributed by atoms with van der Waals surface area (Å²) >= 11 is 0. The number of rotatable bonds is 3. The molecule has 5 heteroatoms. The Labute approximate surface area is 117 Å². The molecule has 3 rings (SSSR count). The summed E-state index contributed by atoms with van der Waals surface area (Å²) in [5, 5.41) is 1.04. The molecular formula is C15H14N2O2S. The lowest BCUT2D eigenvalue weighted by Crippen LogP contribution is -2.12. The molecule has 102 valence electrons. The zero-order chi connectivity index (χ0) is 14.2. The van der Waals surface area contributed by atoms with Crippen molar-refractivity contribution in [3.63, 3.8) is 0 Å². The van der Waals surface area contributed by atoms with Gasteiger partial charge in [-0.25, -0.2) is 8.42 Å². The summed E-state index contributed by atoms with van der Waals surface area (Å²) in [6.07, 6.45) is 1.82. The third kappa shape index (κ3) is 2.40. The lowest BCUT2D eigenvalue weighted by atomic mass is 10.2. The highest BCUT2D eigenvalue weighted by Crippen LogP contribution is 2.21. The van der Waals surface area contributed by atoms with Gasteiger partial charge in [0.05, 0.1) is 10.6 Å². The van der Waals surface area contributed by atoms with E-state index in [0.29, 0.717) is 5.69 Å². The first-order chi connectivity index (χ1) is 9.54. The first kappa shape index (κ1) is 12.7. The maximum absolute atomic E-state index is 12.3. The van der Waals surface area contributed by atoms with Crippen LogP contribution in [-0.2, 0) is 10.0 Å².